The highest BCUT2D eigenvalue weighted by atomic mass is 32.2. The molecule has 0 aliphatic rings. The first kappa shape index (κ1) is 15.2. The zero-order chi connectivity index (χ0) is 14.0. The molecule has 0 spiro atoms. The third-order valence-corrected chi connectivity index (χ3v) is 5.45. The summed E-state index contributed by atoms with van der Waals surface area (Å²) in [7, 11) is -1.34. The van der Waals surface area contributed by atoms with E-state index >= 15 is 0 Å². The van der Waals surface area contributed by atoms with Gasteiger partial charge in [0.1, 0.15) is 0 Å². The van der Waals surface area contributed by atoms with Gasteiger partial charge in [-0.15, -0.1) is 0 Å². The van der Waals surface area contributed by atoms with Crippen LogP contribution in [0, 0.1) is 0 Å². The molecule has 104 valence electrons. The van der Waals surface area contributed by atoms with E-state index in [9.17, 15) is 8.42 Å². The number of hydrogen-bond donors (Lipinski definition) is 1. The summed E-state index contributed by atoms with van der Waals surface area (Å²) in [6.07, 6.45) is 5.82. The number of nitrogens with zero attached hydrogens (tertiary/aromatic N) is 2. The van der Waals surface area contributed by atoms with Crippen LogP contribution in [0.5, 0.6) is 0 Å². The third-order valence-electron chi connectivity index (χ3n) is 3.31. The first-order valence-corrected chi connectivity index (χ1v) is 8.00. The SMILES string of the molecule is CCCNC(c1cnn(C)c1)C(C)(C)S(C)(=O)=O. The number of hydrogen-bond acceptors (Lipinski definition) is 4. The molecule has 6 heteroatoms. The van der Waals surface area contributed by atoms with Gasteiger partial charge in [-0.05, 0) is 26.8 Å². The molecule has 0 radical (unpaired) electrons. The van der Waals surface area contributed by atoms with Crippen molar-refractivity contribution >= 4 is 9.84 Å². The molecular weight excluding hydrogens is 250 g/mol. The normalized spacial score (nSPS) is 14.7. The summed E-state index contributed by atoms with van der Waals surface area (Å²) in [5.74, 6) is 0. The summed E-state index contributed by atoms with van der Waals surface area (Å²) in [6.45, 7) is 6.34. The fraction of sp³-hybridized carbons (Fsp3) is 0.750. The van der Waals surface area contributed by atoms with Gasteiger partial charge in [0.05, 0.1) is 17.0 Å². The molecule has 1 atom stereocenters. The predicted octanol–water partition coefficient (Wildman–Crippen LogP) is 1.28. The van der Waals surface area contributed by atoms with Crippen molar-refractivity contribution in [2.24, 2.45) is 7.05 Å². The van der Waals surface area contributed by atoms with Crippen LogP contribution in [0.15, 0.2) is 12.4 Å². The first-order valence-electron chi connectivity index (χ1n) is 6.11. The van der Waals surface area contributed by atoms with Crippen LogP contribution in [0.4, 0.5) is 0 Å². The molecule has 1 unspecified atom stereocenters. The average molecular weight is 273 g/mol. The van der Waals surface area contributed by atoms with Crippen LogP contribution in [-0.4, -0.2) is 35.7 Å². The van der Waals surface area contributed by atoms with Crippen LogP contribution in [0.2, 0.25) is 0 Å². The van der Waals surface area contributed by atoms with Gasteiger partial charge in [0.15, 0.2) is 9.84 Å². The minimum absolute atomic E-state index is 0.249. The van der Waals surface area contributed by atoms with Crippen molar-refractivity contribution in [3.8, 4) is 0 Å². The van der Waals surface area contributed by atoms with Gasteiger partial charge in [-0.25, -0.2) is 8.42 Å². The molecule has 0 amide bonds. The second kappa shape index (κ2) is 5.40. The Bertz CT molecular complexity index is 491. The molecule has 1 aromatic rings. The topological polar surface area (TPSA) is 64.0 Å². The van der Waals surface area contributed by atoms with E-state index in [1.54, 1.807) is 24.7 Å². The molecule has 0 bridgehead atoms. The lowest BCUT2D eigenvalue weighted by atomic mass is 9.97. The zero-order valence-electron chi connectivity index (χ0n) is 11.8. The minimum atomic E-state index is -3.17. The van der Waals surface area contributed by atoms with Gasteiger partial charge < -0.3 is 5.32 Å². The fourth-order valence-electron chi connectivity index (χ4n) is 1.86. The molecule has 1 N–H and O–H groups in total. The van der Waals surface area contributed by atoms with Crippen LogP contribution in [0.3, 0.4) is 0 Å². The molecule has 1 rings (SSSR count). The highest BCUT2D eigenvalue weighted by Gasteiger charge is 2.40. The van der Waals surface area contributed by atoms with E-state index in [1.807, 2.05) is 13.2 Å². The van der Waals surface area contributed by atoms with Crippen LogP contribution in [0.1, 0.15) is 38.8 Å². The summed E-state index contributed by atoms with van der Waals surface area (Å²) in [6, 6.07) is -0.249. The van der Waals surface area contributed by atoms with Crippen molar-refractivity contribution in [2.75, 3.05) is 12.8 Å². The Balaban J connectivity index is 3.13. The van der Waals surface area contributed by atoms with Crippen LogP contribution in [0.25, 0.3) is 0 Å². The number of aryl methyl sites for hydroxylation is 1. The summed E-state index contributed by atoms with van der Waals surface area (Å²) in [4.78, 5) is 0. The van der Waals surface area contributed by atoms with E-state index < -0.39 is 14.6 Å². The van der Waals surface area contributed by atoms with E-state index in [-0.39, 0.29) is 6.04 Å². The molecule has 1 heterocycles. The minimum Gasteiger partial charge on any atom is -0.309 e. The second-order valence-electron chi connectivity index (χ2n) is 5.21. The molecular formula is C12H23N3O2S. The van der Waals surface area contributed by atoms with Gasteiger partial charge in [-0.2, -0.15) is 5.10 Å². The summed E-state index contributed by atoms with van der Waals surface area (Å²) in [5.41, 5.74) is 0.904. The molecule has 5 nitrogen and oxygen atoms in total. The highest BCUT2D eigenvalue weighted by molar-refractivity contribution is 7.92. The summed E-state index contributed by atoms with van der Waals surface area (Å²) in [5, 5.41) is 7.44. The molecule has 0 aliphatic carbocycles. The van der Waals surface area contributed by atoms with Gasteiger partial charge in [-0.3, -0.25) is 4.68 Å². The fourth-order valence-corrected chi connectivity index (χ4v) is 2.50. The van der Waals surface area contributed by atoms with Crippen molar-refractivity contribution in [2.45, 2.75) is 38.0 Å². The van der Waals surface area contributed by atoms with Crippen molar-refractivity contribution < 1.29 is 8.42 Å². The Labute approximate surface area is 109 Å². The molecule has 0 saturated carbocycles. The van der Waals surface area contributed by atoms with Crippen molar-refractivity contribution in [1.29, 1.82) is 0 Å². The van der Waals surface area contributed by atoms with Gasteiger partial charge >= 0.3 is 0 Å². The number of aromatic nitrogens is 2. The largest absolute Gasteiger partial charge is 0.309 e. The second-order valence-corrected chi connectivity index (χ2v) is 7.81. The first-order chi connectivity index (χ1) is 8.20. The smallest absolute Gasteiger partial charge is 0.154 e. The molecule has 1 aromatic heterocycles. The van der Waals surface area contributed by atoms with E-state index in [1.165, 1.54) is 6.26 Å². The molecule has 0 aliphatic heterocycles. The Morgan fingerprint density at radius 2 is 2.11 bits per heavy atom. The molecule has 0 saturated heterocycles. The van der Waals surface area contributed by atoms with Gasteiger partial charge in [0.2, 0.25) is 0 Å². The predicted molar refractivity (Wildman–Crippen MR) is 73.2 cm³/mol. The Morgan fingerprint density at radius 3 is 2.50 bits per heavy atom. The van der Waals surface area contributed by atoms with E-state index in [0.29, 0.717) is 0 Å². The summed E-state index contributed by atoms with van der Waals surface area (Å²) >= 11 is 0. The standard InChI is InChI=1S/C12H23N3O2S/c1-6-7-13-11(10-8-14-15(4)9-10)12(2,3)18(5,16)17/h8-9,11,13H,6-7H2,1-5H3. The third kappa shape index (κ3) is 3.11. The zero-order valence-corrected chi connectivity index (χ0v) is 12.6. The Hall–Kier alpha value is -0.880. The van der Waals surface area contributed by atoms with E-state index in [0.717, 1.165) is 18.5 Å². The monoisotopic (exact) mass is 273 g/mol. The van der Waals surface area contributed by atoms with Gasteiger partial charge in [0, 0.05) is 25.1 Å². The lowest BCUT2D eigenvalue weighted by Gasteiger charge is -2.32. The maximum atomic E-state index is 12.0. The number of rotatable bonds is 6. The maximum Gasteiger partial charge on any atom is 0.154 e. The average Bonchev–Trinajstić information content (AvgIpc) is 2.63. The van der Waals surface area contributed by atoms with Gasteiger partial charge in [-0.1, -0.05) is 6.92 Å². The Kier molecular flexibility index (Phi) is 4.55. The lowest BCUT2D eigenvalue weighted by molar-refractivity contribution is 0.420. The maximum absolute atomic E-state index is 12.0. The van der Waals surface area contributed by atoms with Crippen LogP contribution in [-0.2, 0) is 16.9 Å². The Morgan fingerprint density at radius 1 is 1.50 bits per heavy atom. The molecule has 0 aromatic carbocycles. The molecule has 18 heavy (non-hydrogen) atoms. The quantitative estimate of drug-likeness (QED) is 0.848. The number of nitrogens with one attached hydrogen (secondary N) is 1. The van der Waals surface area contributed by atoms with Crippen molar-refractivity contribution in [1.82, 2.24) is 15.1 Å². The van der Waals surface area contributed by atoms with Crippen molar-refractivity contribution in [3.05, 3.63) is 18.0 Å². The van der Waals surface area contributed by atoms with Crippen molar-refractivity contribution in [3.63, 3.8) is 0 Å². The van der Waals surface area contributed by atoms with E-state index in [2.05, 4.69) is 17.3 Å². The van der Waals surface area contributed by atoms with Gasteiger partial charge in [0.25, 0.3) is 0 Å². The van der Waals surface area contributed by atoms with Crippen LogP contribution >= 0.6 is 0 Å². The lowest BCUT2D eigenvalue weighted by Crippen LogP contribution is -2.45. The van der Waals surface area contributed by atoms with E-state index in [4.69, 9.17) is 0 Å². The highest BCUT2D eigenvalue weighted by Crippen LogP contribution is 2.31. The van der Waals surface area contributed by atoms with Crippen LogP contribution < -0.4 is 5.32 Å². The summed E-state index contributed by atoms with van der Waals surface area (Å²) < 4.78 is 24.8. The number of sulfone groups is 1. The molecule has 0 fully saturated rings.